The van der Waals surface area contributed by atoms with Crippen molar-refractivity contribution in [2.24, 2.45) is 11.7 Å². The van der Waals surface area contributed by atoms with E-state index < -0.39 is 0 Å². The van der Waals surface area contributed by atoms with Crippen LogP contribution in [0.1, 0.15) is 36.1 Å². The molecule has 1 aromatic carbocycles. The van der Waals surface area contributed by atoms with E-state index in [1.807, 2.05) is 0 Å². The van der Waals surface area contributed by atoms with Gasteiger partial charge < -0.3 is 10.5 Å². The average molecular weight is 221 g/mol. The smallest absolute Gasteiger partial charge is 0.0465 e. The van der Waals surface area contributed by atoms with E-state index in [0.717, 1.165) is 13.0 Å². The lowest BCUT2D eigenvalue weighted by molar-refractivity contribution is 0.174. The minimum atomic E-state index is 0.107. The highest BCUT2D eigenvalue weighted by atomic mass is 16.5. The Balaban J connectivity index is 2.79. The van der Waals surface area contributed by atoms with Crippen LogP contribution in [-0.2, 0) is 4.74 Å². The van der Waals surface area contributed by atoms with E-state index in [0.29, 0.717) is 5.92 Å². The lowest BCUT2D eigenvalue weighted by atomic mass is 9.89. The molecule has 16 heavy (non-hydrogen) atoms. The first-order valence-electron chi connectivity index (χ1n) is 5.88. The number of aryl methyl sites for hydroxylation is 1. The van der Waals surface area contributed by atoms with Crippen LogP contribution in [0, 0.1) is 19.8 Å². The van der Waals surface area contributed by atoms with E-state index in [1.54, 1.807) is 7.11 Å². The van der Waals surface area contributed by atoms with Crippen LogP contribution < -0.4 is 5.73 Å². The molecule has 0 aliphatic carbocycles. The fraction of sp³-hybridized carbons (Fsp3) is 0.571. The molecule has 0 heterocycles. The van der Waals surface area contributed by atoms with E-state index in [9.17, 15) is 0 Å². The second-order valence-corrected chi connectivity index (χ2v) is 4.57. The van der Waals surface area contributed by atoms with E-state index in [2.05, 4.69) is 39.0 Å². The fourth-order valence-corrected chi connectivity index (χ4v) is 1.92. The Labute approximate surface area is 98.8 Å². The summed E-state index contributed by atoms with van der Waals surface area (Å²) >= 11 is 0. The SMILES string of the molecule is COCCC(C)C(N)c1cccc(C)c1C. The van der Waals surface area contributed by atoms with Gasteiger partial charge in [-0.05, 0) is 42.9 Å². The van der Waals surface area contributed by atoms with Crippen LogP contribution in [0.15, 0.2) is 18.2 Å². The molecule has 2 unspecified atom stereocenters. The van der Waals surface area contributed by atoms with Crippen LogP contribution in [-0.4, -0.2) is 13.7 Å². The van der Waals surface area contributed by atoms with Gasteiger partial charge in [-0.1, -0.05) is 25.1 Å². The highest BCUT2D eigenvalue weighted by Crippen LogP contribution is 2.26. The summed E-state index contributed by atoms with van der Waals surface area (Å²) in [7, 11) is 1.73. The van der Waals surface area contributed by atoms with Gasteiger partial charge in [0, 0.05) is 19.8 Å². The molecule has 0 saturated carbocycles. The van der Waals surface area contributed by atoms with Gasteiger partial charge in [0.2, 0.25) is 0 Å². The zero-order valence-electron chi connectivity index (χ0n) is 10.8. The molecule has 0 aliphatic rings. The molecule has 1 rings (SSSR count). The molecule has 2 N–H and O–H groups in total. The maximum absolute atomic E-state index is 6.29. The van der Waals surface area contributed by atoms with Crippen molar-refractivity contribution in [3.05, 3.63) is 34.9 Å². The summed E-state index contributed by atoms with van der Waals surface area (Å²) in [6, 6.07) is 6.46. The first-order chi connectivity index (χ1) is 7.57. The molecule has 0 aromatic heterocycles. The van der Waals surface area contributed by atoms with Gasteiger partial charge in [0.05, 0.1) is 0 Å². The normalized spacial score (nSPS) is 14.8. The maximum Gasteiger partial charge on any atom is 0.0465 e. The maximum atomic E-state index is 6.29. The van der Waals surface area contributed by atoms with Gasteiger partial charge >= 0.3 is 0 Å². The molecule has 2 atom stereocenters. The Hall–Kier alpha value is -0.860. The molecule has 0 radical (unpaired) electrons. The molecule has 0 bridgehead atoms. The number of hydrogen-bond acceptors (Lipinski definition) is 2. The third-order valence-corrected chi connectivity index (χ3v) is 3.40. The lowest BCUT2D eigenvalue weighted by Crippen LogP contribution is -2.21. The Bertz CT molecular complexity index is 336. The van der Waals surface area contributed by atoms with E-state index in [1.165, 1.54) is 16.7 Å². The van der Waals surface area contributed by atoms with Crippen molar-refractivity contribution in [2.45, 2.75) is 33.2 Å². The van der Waals surface area contributed by atoms with Crippen LogP contribution in [0.25, 0.3) is 0 Å². The third-order valence-electron chi connectivity index (χ3n) is 3.40. The first kappa shape index (κ1) is 13.2. The van der Waals surface area contributed by atoms with Crippen molar-refractivity contribution >= 4 is 0 Å². The molecular formula is C14H23NO. The van der Waals surface area contributed by atoms with Crippen LogP contribution in [0.5, 0.6) is 0 Å². The fourth-order valence-electron chi connectivity index (χ4n) is 1.92. The molecule has 0 spiro atoms. The van der Waals surface area contributed by atoms with E-state index >= 15 is 0 Å². The summed E-state index contributed by atoms with van der Waals surface area (Å²) in [6.45, 7) is 7.24. The summed E-state index contributed by atoms with van der Waals surface area (Å²) in [4.78, 5) is 0. The topological polar surface area (TPSA) is 35.2 Å². The minimum absolute atomic E-state index is 0.107. The van der Waals surface area contributed by atoms with Gasteiger partial charge in [-0.25, -0.2) is 0 Å². The molecule has 2 heteroatoms. The van der Waals surface area contributed by atoms with Gasteiger partial charge in [0.1, 0.15) is 0 Å². The van der Waals surface area contributed by atoms with Crippen molar-refractivity contribution in [1.29, 1.82) is 0 Å². The molecule has 90 valence electrons. The van der Waals surface area contributed by atoms with Gasteiger partial charge in [0.25, 0.3) is 0 Å². The summed E-state index contributed by atoms with van der Waals surface area (Å²) in [5.41, 5.74) is 10.2. The van der Waals surface area contributed by atoms with Crippen LogP contribution in [0.2, 0.25) is 0 Å². The van der Waals surface area contributed by atoms with E-state index in [4.69, 9.17) is 10.5 Å². The molecular weight excluding hydrogens is 198 g/mol. The first-order valence-corrected chi connectivity index (χ1v) is 5.88. The zero-order valence-corrected chi connectivity index (χ0v) is 10.8. The number of ether oxygens (including phenoxy) is 1. The molecule has 2 nitrogen and oxygen atoms in total. The van der Waals surface area contributed by atoms with Gasteiger partial charge in [-0.2, -0.15) is 0 Å². The van der Waals surface area contributed by atoms with Crippen molar-refractivity contribution < 1.29 is 4.74 Å². The number of nitrogens with two attached hydrogens (primary N) is 1. The summed E-state index contributed by atoms with van der Waals surface area (Å²) < 4.78 is 5.10. The Morgan fingerprint density at radius 3 is 2.62 bits per heavy atom. The number of benzene rings is 1. The molecule has 0 aliphatic heterocycles. The molecule has 0 amide bonds. The van der Waals surface area contributed by atoms with Crippen molar-refractivity contribution in [2.75, 3.05) is 13.7 Å². The predicted molar refractivity (Wildman–Crippen MR) is 68.5 cm³/mol. The van der Waals surface area contributed by atoms with Crippen LogP contribution in [0.4, 0.5) is 0 Å². The van der Waals surface area contributed by atoms with Crippen molar-refractivity contribution in [1.82, 2.24) is 0 Å². The molecule has 0 fully saturated rings. The molecule has 0 saturated heterocycles. The van der Waals surface area contributed by atoms with Crippen LogP contribution >= 0.6 is 0 Å². The monoisotopic (exact) mass is 221 g/mol. The highest BCUT2D eigenvalue weighted by molar-refractivity contribution is 5.35. The summed E-state index contributed by atoms with van der Waals surface area (Å²) in [6.07, 6.45) is 1.01. The Morgan fingerprint density at radius 1 is 1.31 bits per heavy atom. The highest BCUT2D eigenvalue weighted by Gasteiger charge is 2.16. The Kier molecular flexibility index (Phi) is 4.97. The zero-order chi connectivity index (χ0) is 12.1. The van der Waals surface area contributed by atoms with E-state index in [-0.39, 0.29) is 6.04 Å². The second-order valence-electron chi connectivity index (χ2n) is 4.57. The average Bonchev–Trinajstić information content (AvgIpc) is 2.28. The quantitative estimate of drug-likeness (QED) is 0.829. The Morgan fingerprint density at radius 2 is 2.00 bits per heavy atom. The van der Waals surface area contributed by atoms with Crippen molar-refractivity contribution in [3.63, 3.8) is 0 Å². The van der Waals surface area contributed by atoms with Gasteiger partial charge in [0.15, 0.2) is 0 Å². The number of methoxy groups -OCH3 is 1. The number of rotatable bonds is 5. The predicted octanol–water partition coefficient (Wildman–Crippen LogP) is 2.98. The van der Waals surface area contributed by atoms with Crippen LogP contribution in [0.3, 0.4) is 0 Å². The molecule has 1 aromatic rings. The standard InChI is InChI=1S/C14H23NO/c1-10-6-5-7-13(12(10)3)14(15)11(2)8-9-16-4/h5-7,11,14H,8-9,15H2,1-4H3. The summed E-state index contributed by atoms with van der Waals surface area (Å²) in [5.74, 6) is 0.445. The van der Waals surface area contributed by atoms with Gasteiger partial charge in [-0.15, -0.1) is 0 Å². The largest absolute Gasteiger partial charge is 0.385 e. The summed E-state index contributed by atoms with van der Waals surface area (Å²) in [5, 5.41) is 0. The minimum Gasteiger partial charge on any atom is -0.385 e. The second kappa shape index (κ2) is 6.02. The number of hydrogen-bond donors (Lipinski definition) is 1. The third kappa shape index (κ3) is 3.06. The van der Waals surface area contributed by atoms with Gasteiger partial charge in [-0.3, -0.25) is 0 Å². The lowest BCUT2D eigenvalue weighted by Gasteiger charge is -2.22. The van der Waals surface area contributed by atoms with Crippen molar-refractivity contribution in [3.8, 4) is 0 Å².